The van der Waals surface area contributed by atoms with Crippen molar-refractivity contribution in [3.8, 4) is 0 Å². The molecule has 0 aromatic heterocycles. The average Bonchev–Trinajstić information content (AvgIpc) is 2.18. The van der Waals surface area contributed by atoms with Crippen molar-refractivity contribution >= 4 is 15.5 Å². The lowest BCUT2D eigenvalue weighted by Gasteiger charge is -2.31. The molecule has 0 amide bonds. The number of aryl methyl sites for hydroxylation is 1. The van der Waals surface area contributed by atoms with Crippen molar-refractivity contribution in [1.29, 1.82) is 0 Å². The lowest BCUT2D eigenvalue weighted by atomic mass is 9.94. The molecule has 94 valence electrons. The molecule has 0 saturated heterocycles. The van der Waals surface area contributed by atoms with E-state index in [2.05, 4.69) is 40.7 Å². The molecule has 0 saturated carbocycles. The van der Waals surface area contributed by atoms with Crippen molar-refractivity contribution < 1.29 is 4.43 Å². The summed E-state index contributed by atoms with van der Waals surface area (Å²) in [7, 11) is 0.456. The zero-order chi connectivity index (χ0) is 13.3. The van der Waals surface area contributed by atoms with Crippen LogP contribution < -0.4 is 5.73 Å². The fraction of sp³-hybridized carbons (Fsp3) is 0.571. The summed E-state index contributed by atoms with van der Waals surface area (Å²) in [5, 5.41) is 0.190. The van der Waals surface area contributed by atoms with Gasteiger partial charge in [-0.05, 0) is 31.4 Å². The molecule has 0 atom stereocenters. The number of benzene rings is 1. The van der Waals surface area contributed by atoms with E-state index in [1.165, 1.54) is 0 Å². The molecule has 0 aliphatic carbocycles. The Morgan fingerprint density at radius 1 is 1.12 bits per heavy atom. The Bertz CT molecular complexity index is 394. The normalized spacial score (nSPS) is 12.8. The van der Waals surface area contributed by atoms with Crippen LogP contribution in [-0.4, -0.2) is 9.76 Å². The van der Waals surface area contributed by atoms with Gasteiger partial charge in [0, 0.05) is 11.3 Å². The van der Waals surface area contributed by atoms with Gasteiger partial charge in [0.05, 0.1) is 5.60 Å². The third kappa shape index (κ3) is 3.86. The van der Waals surface area contributed by atoms with E-state index < -0.39 is 0 Å². The predicted molar refractivity (Wildman–Crippen MR) is 75.2 cm³/mol. The Kier molecular flexibility index (Phi) is 4.05. The van der Waals surface area contributed by atoms with E-state index in [4.69, 9.17) is 10.2 Å². The highest BCUT2D eigenvalue weighted by Crippen LogP contribution is 2.33. The summed E-state index contributed by atoms with van der Waals surface area (Å²) >= 11 is 0. The van der Waals surface area contributed by atoms with Crippen LogP contribution in [0.5, 0.6) is 0 Å². The molecular formula is C14H23NOSi. The van der Waals surface area contributed by atoms with Crippen LogP contribution in [-0.2, 0) is 10.0 Å². The summed E-state index contributed by atoms with van der Waals surface area (Å²) < 4.78 is 6.06. The maximum Gasteiger partial charge on any atom is 0.236 e. The molecule has 3 heteroatoms. The monoisotopic (exact) mass is 249 g/mol. The maximum atomic E-state index is 6.13. The van der Waals surface area contributed by atoms with Crippen LogP contribution in [0.2, 0.25) is 5.04 Å². The van der Waals surface area contributed by atoms with E-state index >= 15 is 0 Å². The Hall–Kier alpha value is -0.803. The minimum Gasteiger partial charge on any atom is -0.408 e. The Morgan fingerprint density at radius 2 is 1.71 bits per heavy atom. The largest absolute Gasteiger partial charge is 0.408 e. The molecule has 1 aromatic carbocycles. The Balaban J connectivity index is 2.93. The highest BCUT2D eigenvalue weighted by Gasteiger charge is 2.27. The first-order chi connectivity index (χ1) is 7.63. The van der Waals surface area contributed by atoms with Crippen molar-refractivity contribution in [3.05, 3.63) is 29.3 Å². The van der Waals surface area contributed by atoms with Crippen molar-refractivity contribution in [2.45, 2.75) is 52.2 Å². The molecule has 0 aliphatic heterocycles. The first-order valence-electron chi connectivity index (χ1n) is 5.94. The SMILES string of the molecule is Cc1cccc(C(C)(C)O[Si]C(C)(C)C)c1N. The third-order valence-electron chi connectivity index (χ3n) is 2.59. The number of nitrogen functional groups attached to an aromatic ring is 1. The fourth-order valence-corrected chi connectivity index (χ4v) is 2.21. The van der Waals surface area contributed by atoms with Crippen LogP contribution in [0.4, 0.5) is 5.69 Å². The number of anilines is 1. The van der Waals surface area contributed by atoms with E-state index in [1.807, 2.05) is 19.1 Å². The molecule has 0 heterocycles. The fourth-order valence-electron chi connectivity index (χ4n) is 1.54. The quantitative estimate of drug-likeness (QED) is 0.655. The topological polar surface area (TPSA) is 35.2 Å². The van der Waals surface area contributed by atoms with E-state index in [1.54, 1.807) is 0 Å². The zero-order valence-electron chi connectivity index (χ0n) is 11.7. The van der Waals surface area contributed by atoms with Crippen LogP contribution in [0.25, 0.3) is 0 Å². The Labute approximate surface area is 108 Å². The number of rotatable bonds is 3. The molecule has 2 nitrogen and oxygen atoms in total. The van der Waals surface area contributed by atoms with Crippen LogP contribution in [0, 0.1) is 6.92 Å². The van der Waals surface area contributed by atoms with Crippen molar-refractivity contribution in [3.63, 3.8) is 0 Å². The van der Waals surface area contributed by atoms with Crippen LogP contribution in [0.1, 0.15) is 45.7 Å². The van der Waals surface area contributed by atoms with E-state index in [-0.39, 0.29) is 10.6 Å². The second-order valence-electron chi connectivity index (χ2n) is 6.00. The molecule has 2 N–H and O–H groups in total. The van der Waals surface area contributed by atoms with E-state index in [0.717, 1.165) is 16.8 Å². The zero-order valence-corrected chi connectivity index (χ0v) is 12.7. The van der Waals surface area contributed by atoms with E-state index in [0.29, 0.717) is 9.76 Å². The molecule has 0 fully saturated rings. The van der Waals surface area contributed by atoms with Crippen molar-refractivity contribution in [1.82, 2.24) is 0 Å². The predicted octanol–water partition coefficient (Wildman–Crippen LogP) is 3.67. The highest BCUT2D eigenvalue weighted by atomic mass is 28.2. The molecule has 0 aliphatic rings. The molecule has 1 aromatic rings. The van der Waals surface area contributed by atoms with Gasteiger partial charge < -0.3 is 10.2 Å². The lowest BCUT2D eigenvalue weighted by molar-refractivity contribution is 0.110. The first-order valence-corrected chi connectivity index (χ1v) is 6.85. The van der Waals surface area contributed by atoms with Crippen LogP contribution in [0.15, 0.2) is 18.2 Å². The third-order valence-corrected chi connectivity index (χ3v) is 3.81. The summed E-state index contributed by atoms with van der Waals surface area (Å²) in [6, 6.07) is 6.11. The van der Waals surface area contributed by atoms with Crippen LogP contribution >= 0.6 is 0 Å². The summed E-state index contributed by atoms with van der Waals surface area (Å²) in [6.07, 6.45) is 0. The maximum absolute atomic E-state index is 6.13. The van der Waals surface area contributed by atoms with Crippen LogP contribution in [0.3, 0.4) is 0 Å². The van der Waals surface area contributed by atoms with Gasteiger partial charge >= 0.3 is 0 Å². The van der Waals surface area contributed by atoms with Gasteiger partial charge in [-0.15, -0.1) is 0 Å². The summed E-state index contributed by atoms with van der Waals surface area (Å²) in [5.41, 5.74) is 8.83. The lowest BCUT2D eigenvalue weighted by Crippen LogP contribution is -2.28. The molecule has 0 bridgehead atoms. The molecule has 1 rings (SSSR count). The molecule has 0 unspecified atom stereocenters. The second-order valence-corrected chi connectivity index (χ2v) is 7.91. The number of nitrogens with two attached hydrogens (primary N) is 1. The summed E-state index contributed by atoms with van der Waals surface area (Å²) in [5.74, 6) is 0. The standard InChI is InChI=1S/C14H23NOSi/c1-10-8-7-9-11(12(10)15)14(5,6)16-17-13(2,3)4/h7-9H,15H2,1-6H3. The van der Waals surface area contributed by atoms with Crippen molar-refractivity contribution in [2.75, 3.05) is 5.73 Å². The highest BCUT2D eigenvalue weighted by molar-refractivity contribution is 6.31. The molecule has 17 heavy (non-hydrogen) atoms. The molecule has 0 spiro atoms. The molecule has 2 radical (unpaired) electrons. The Morgan fingerprint density at radius 3 is 2.24 bits per heavy atom. The van der Waals surface area contributed by atoms with Gasteiger partial charge in [0.25, 0.3) is 0 Å². The van der Waals surface area contributed by atoms with Gasteiger partial charge in [-0.3, -0.25) is 0 Å². The minimum absolute atomic E-state index is 0.190. The van der Waals surface area contributed by atoms with Gasteiger partial charge in [-0.25, -0.2) is 0 Å². The number of para-hydroxylation sites is 1. The van der Waals surface area contributed by atoms with Crippen molar-refractivity contribution in [2.24, 2.45) is 0 Å². The molecular weight excluding hydrogens is 226 g/mol. The summed E-state index contributed by atoms with van der Waals surface area (Å²) in [6.45, 7) is 12.7. The summed E-state index contributed by atoms with van der Waals surface area (Å²) in [4.78, 5) is 0. The second kappa shape index (κ2) is 4.82. The van der Waals surface area contributed by atoms with Gasteiger partial charge in [-0.1, -0.05) is 39.0 Å². The minimum atomic E-state index is -0.332. The van der Waals surface area contributed by atoms with E-state index in [9.17, 15) is 0 Å². The van der Waals surface area contributed by atoms with Gasteiger partial charge in [0.1, 0.15) is 0 Å². The smallest absolute Gasteiger partial charge is 0.236 e. The number of hydrogen-bond donors (Lipinski definition) is 1. The number of hydrogen-bond acceptors (Lipinski definition) is 2. The average molecular weight is 249 g/mol. The van der Waals surface area contributed by atoms with Gasteiger partial charge in [-0.2, -0.15) is 0 Å². The van der Waals surface area contributed by atoms with Gasteiger partial charge in [0.2, 0.25) is 9.76 Å². The first kappa shape index (κ1) is 14.3. The van der Waals surface area contributed by atoms with Gasteiger partial charge in [0.15, 0.2) is 0 Å².